The number of hydrogen-bond donors (Lipinski definition) is 0. The van der Waals surface area contributed by atoms with E-state index < -0.39 is 11.0 Å². The summed E-state index contributed by atoms with van der Waals surface area (Å²) in [7, 11) is 3.03. The molecule has 1 atom stereocenters. The number of carbonyl (C=O) groups excluding carboxylic acids is 1. The van der Waals surface area contributed by atoms with Crippen LogP contribution in [0.4, 0.5) is 5.69 Å². The Morgan fingerprint density at radius 3 is 2.23 bits per heavy atom. The minimum atomic E-state index is -0.797. The maximum absolute atomic E-state index is 13.2. The number of Topliss-reactive ketones (excluding diaryl/α,β-unsaturated/α-hetero) is 1. The number of ether oxygens (including phenoxy) is 3. The smallest absolute Gasteiger partial charge is 0.276 e. The van der Waals surface area contributed by atoms with Crippen LogP contribution in [0.5, 0.6) is 11.5 Å². The highest BCUT2D eigenvalue weighted by Crippen LogP contribution is 2.52. The van der Waals surface area contributed by atoms with E-state index in [1.165, 1.54) is 20.3 Å². The molecular weight excluding hydrogens is 398 g/mol. The summed E-state index contributed by atoms with van der Waals surface area (Å²) >= 11 is 0. The van der Waals surface area contributed by atoms with Crippen molar-refractivity contribution < 1.29 is 23.9 Å². The van der Waals surface area contributed by atoms with Crippen molar-refractivity contribution in [3.05, 3.63) is 98.6 Å². The molecule has 7 heteroatoms. The van der Waals surface area contributed by atoms with Gasteiger partial charge in [-0.25, -0.2) is 0 Å². The van der Waals surface area contributed by atoms with E-state index in [2.05, 4.69) is 0 Å². The maximum Gasteiger partial charge on any atom is 0.276 e. The molecule has 154 valence electrons. The number of ketones is 1. The highest BCUT2D eigenvalue weighted by molar-refractivity contribution is 6.39. The Morgan fingerprint density at radius 1 is 0.871 bits per heavy atom. The molecule has 1 aliphatic heterocycles. The summed E-state index contributed by atoms with van der Waals surface area (Å²) in [5.74, 6) is 1.17. The lowest BCUT2D eigenvalue weighted by molar-refractivity contribution is -0.386. The van der Waals surface area contributed by atoms with Crippen molar-refractivity contribution in [3.63, 3.8) is 0 Å². The topological polar surface area (TPSA) is 87.9 Å². The predicted molar refractivity (Wildman–Crippen MR) is 113 cm³/mol. The summed E-state index contributed by atoms with van der Waals surface area (Å²) in [6.07, 6.45) is -0.797. The molecule has 0 bridgehead atoms. The van der Waals surface area contributed by atoms with Crippen LogP contribution in [0, 0.1) is 10.1 Å². The van der Waals surface area contributed by atoms with E-state index in [1.807, 2.05) is 12.1 Å². The van der Waals surface area contributed by atoms with Gasteiger partial charge in [-0.05, 0) is 18.2 Å². The lowest BCUT2D eigenvalue weighted by Gasteiger charge is -2.29. The van der Waals surface area contributed by atoms with Crippen LogP contribution in [0.15, 0.2) is 60.7 Å². The van der Waals surface area contributed by atoms with E-state index in [4.69, 9.17) is 14.2 Å². The second-order valence-electron chi connectivity index (χ2n) is 7.19. The lowest BCUT2D eigenvalue weighted by Crippen LogP contribution is -2.16. The first-order valence-corrected chi connectivity index (χ1v) is 9.59. The van der Waals surface area contributed by atoms with Gasteiger partial charge in [0.2, 0.25) is 0 Å². The molecule has 5 rings (SSSR count). The molecule has 1 aliphatic carbocycles. The molecule has 0 saturated heterocycles. The molecule has 31 heavy (non-hydrogen) atoms. The van der Waals surface area contributed by atoms with Gasteiger partial charge in [0.1, 0.15) is 5.76 Å². The molecule has 0 spiro atoms. The minimum absolute atomic E-state index is 0.0603. The van der Waals surface area contributed by atoms with Crippen molar-refractivity contribution in [1.82, 2.24) is 0 Å². The minimum Gasteiger partial charge on any atom is -0.493 e. The predicted octanol–water partition coefficient (Wildman–Crippen LogP) is 4.80. The number of para-hydroxylation sites is 1. The zero-order chi connectivity index (χ0) is 21.7. The largest absolute Gasteiger partial charge is 0.493 e. The Labute approximate surface area is 177 Å². The van der Waals surface area contributed by atoms with Gasteiger partial charge in [-0.2, -0.15) is 0 Å². The van der Waals surface area contributed by atoms with Gasteiger partial charge in [-0.1, -0.05) is 36.4 Å². The quantitative estimate of drug-likeness (QED) is 0.449. The van der Waals surface area contributed by atoms with Crippen LogP contribution in [-0.4, -0.2) is 24.9 Å². The Kier molecular flexibility index (Phi) is 4.25. The number of allylic oxidation sites excluding steroid dienone is 1. The first-order valence-electron chi connectivity index (χ1n) is 9.59. The van der Waals surface area contributed by atoms with Crippen LogP contribution in [0.1, 0.15) is 38.7 Å². The first kappa shape index (κ1) is 18.9. The number of benzene rings is 3. The molecular formula is C24H17NO6. The summed E-state index contributed by atoms with van der Waals surface area (Å²) in [4.78, 5) is 24.5. The molecule has 0 radical (unpaired) electrons. The van der Waals surface area contributed by atoms with E-state index in [0.29, 0.717) is 50.6 Å². The third-order valence-corrected chi connectivity index (χ3v) is 5.63. The lowest BCUT2D eigenvalue weighted by atomic mass is 9.88. The summed E-state index contributed by atoms with van der Waals surface area (Å²) < 4.78 is 17.2. The monoisotopic (exact) mass is 415 g/mol. The van der Waals surface area contributed by atoms with Gasteiger partial charge in [0.15, 0.2) is 23.4 Å². The molecule has 0 aromatic heterocycles. The maximum atomic E-state index is 13.2. The zero-order valence-corrected chi connectivity index (χ0v) is 16.7. The molecule has 3 aromatic rings. The van der Waals surface area contributed by atoms with E-state index >= 15 is 0 Å². The Balaban J connectivity index is 1.81. The van der Waals surface area contributed by atoms with Crippen LogP contribution < -0.4 is 9.47 Å². The summed E-state index contributed by atoms with van der Waals surface area (Å²) in [5, 5.41) is 11.7. The molecule has 7 nitrogen and oxygen atoms in total. The summed E-state index contributed by atoms with van der Waals surface area (Å²) in [6, 6.07) is 17.1. The van der Waals surface area contributed by atoms with Gasteiger partial charge in [-0.15, -0.1) is 0 Å². The zero-order valence-electron chi connectivity index (χ0n) is 16.7. The van der Waals surface area contributed by atoms with E-state index in [-0.39, 0.29) is 11.5 Å². The van der Waals surface area contributed by atoms with Gasteiger partial charge in [0, 0.05) is 28.3 Å². The van der Waals surface area contributed by atoms with Gasteiger partial charge < -0.3 is 14.2 Å². The second-order valence-corrected chi connectivity index (χ2v) is 7.19. The molecule has 1 heterocycles. The summed E-state index contributed by atoms with van der Waals surface area (Å²) in [5.41, 5.74) is 3.18. The van der Waals surface area contributed by atoms with Crippen LogP contribution >= 0.6 is 0 Å². The van der Waals surface area contributed by atoms with Crippen molar-refractivity contribution >= 4 is 22.8 Å². The van der Waals surface area contributed by atoms with Gasteiger partial charge in [-0.3, -0.25) is 14.9 Å². The molecule has 0 fully saturated rings. The van der Waals surface area contributed by atoms with Crippen molar-refractivity contribution in [1.29, 1.82) is 0 Å². The van der Waals surface area contributed by atoms with Crippen molar-refractivity contribution in [3.8, 4) is 11.5 Å². The van der Waals surface area contributed by atoms with Crippen LogP contribution in [0.2, 0.25) is 0 Å². The standard InChI is InChI=1S/C24H17NO6/c1-29-19-11-16-17(12-20(19)30-2)23(15-9-5-6-10-18(15)25(27)28)31-24-14-8-4-3-7-13(14)22(26)21(16)24/h3-12,23H,1-2H3. The third kappa shape index (κ3) is 2.70. The Hall–Kier alpha value is -4.13. The number of nitrogens with zero attached hydrogens (tertiary/aromatic N) is 1. The number of hydrogen-bond acceptors (Lipinski definition) is 6. The fourth-order valence-corrected chi connectivity index (χ4v) is 4.23. The van der Waals surface area contributed by atoms with Crippen molar-refractivity contribution in [2.75, 3.05) is 14.2 Å². The van der Waals surface area contributed by atoms with Crippen LogP contribution in [0.25, 0.3) is 11.3 Å². The Bertz CT molecular complexity index is 1290. The second kappa shape index (κ2) is 6.98. The number of nitro groups is 1. The average Bonchev–Trinajstić information content (AvgIpc) is 3.09. The van der Waals surface area contributed by atoms with E-state index in [1.54, 1.807) is 42.5 Å². The highest BCUT2D eigenvalue weighted by atomic mass is 16.6. The van der Waals surface area contributed by atoms with E-state index in [0.717, 1.165) is 0 Å². The third-order valence-electron chi connectivity index (χ3n) is 5.63. The SMILES string of the molecule is COc1cc2c(cc1OC)C(c1ccccc1[N+](=O)[O-])OC1=C2C(=O)c2ccccc21. The molecule has 0 amide bonds. The number of rotatable bonds is 4. The van der Waals surface area contributed by atoms with Gasteiger partial charge in [0.25, 0.3) is 5.69 Å². The fourth-order valence-electron chi connectivity index (χ4n) is 4.23. The van der Waals surface area contributed by atoms with Gasteiger partial charge >= 0.3 is 0 Å². The molecule has 1 unspecified atom stereocenters. The molecule has 2 aliphatic rings. The fraction of sp³-hybridized carbons (Fsp3) is 0.125. The number of carbonyl (C=O) groups is 1. The number of fused-ring (bicyclic) bond motifs is 4. The van der Waals surface area contributed by atoms with Gasteiger partial charge in [0.05, 0.1) is 30.3 Å². The van der Waals surface area contributed by atoms with Crippen LogP contribution in [-0.2, 0) is 4.74 Å². The van der Waals surface area contributed by atoms with E-state index in [9.17, 15) is 14.9 Å². The Morgan fingerprint density at radius 2 is 1.52 bits per heavy atom. The van der Waals surface area contributed by atoms with Crippen LogP contribution in [0.3, 0.4) is 0 Å². The molecule has 3 aromatic carbocycles. The van der Waals surface area contributed by atoms with Crippen molar-refractivity contribution in [2.24, 2.45) is 0 Å². The van der Waals surface area contributed by atoms with Crippen molar-refractivity contribution in [2.45, 2.75) is 6.10 Å². The highest BCUT2D eigenvalue weighted by Gasteiger charge is 2.41. The number of methoxy groups -OCH3 is 2. The number of nitro benzene ring substituents is 1. The molecule has 0 N–H and O–H groups in total. The first-order chi connectivity index (χ1) is 15.0. The molecule has 0 saturated carbocycles. The summed E-state index contributed by atoms with van der Waals surface area (Å²) in [6.45, 7) is 0. The average molecular weight is 415 g/mol. The normalized spacial score (nSPS) is 16.2.